The number of amides is 1. The fraction of sp³-hybridized carbons (Fsp3) is 0.429. The lowest BCUT2D eigenvalue weighted by molar-refractivity contribution is 0.145. The van der Waals surface area contributed by atoms with E-state index in [1.54, 1.807) is 4.90 Å². The van der Waals surface area contributed by atoms with Crippen molar-refractivity contribution in [2.75, 3.05) is 25.1 Å². The number of anilines is 1. The molecule has 1 aromatic carbocycles. The summed E-state index contributed by atoms with van der Waals surface area (Å²) in [5, 5.41) is 4.04. The Bertz CT molecular complexity index is 767. The molecular formula is C14H18N4O3S. The number of benzene rings is 1. The molecule has 1 saturated heterocycles. The number of fused-ring (bicyclic) bond motifs is 1. The highest BCUT2D eigenvalue weighted by Gasteiger charge is 2.31. The van der Waals surface area contributed by atoms with Gasteiger partial charge >= 0.3 is 6.09 Å². The molecule has 7 nitrogen and oxygen atoms in total. The standard InChI is InChI=1S/C14H18N4O3S/c1-3-17-11-5-4-9(6-12(11)22-13(17)16-20-2)18-8-10(7-15)21-14(18)19/h4-6,10H,3,7-8,15H2,1-2H3. The summed E-state index contributed by atoms with van der Waals surface area (Å²) in [7, 11) is 1.53. The zero-order chi connectivity index (χ0) is 15.7. The number of carbonyl (C=O) groups is 1. The summed E-state index contributed by atoms with van der Waals surface area (Å²) in [6.45, 7) is 3.66. The number of thiazole rings is 1. The first-order valence-corrected chi connectivity index (χ1v) is 7.88. The molecule has 0 aliphatic carbocycles. The number of aromatic nitrogens is 1. The van der Waals surface area contributed by atoms with E-state index in [9.17, 15) is 4.79 Å². The minimum Gasteiger partial charge on any atom is -0.443 e. The van der Waals surface area contributed by atoms with Crippen molar-refractivity contribution in [3.05, 3.63) is 23.0 Å². The van der Waals surface area contributed by atoms with E-state index in [-0.39, 0.29) is 12.2 Å². The van der Waals surface area contributed by atoms with Crippen LogP contribution < -0.4 is 15.4 Å². The number of rotatable bonds is 4. The molecule has 0 spiro atoms. The van der Waals surface area contributed by atoms with Crippen molar-refractivity contribution in [1.29, 1.82) is 0 Å². The van der Waals surface area contributed by atoms with E-state index in [1.807, 2.05) is 18.2 Å². The summed E-state index contributed by atoms with van der Waals surface area (Å²) in [4.78, 5) is 19.2. The maximum Gasteiger partial charge on any atom is 0.414 e. The molecule has 1 unspecified atom stereocenters. The Morgan fingerprint density at radius 3 is 3.00 bits per heavy atom. The molecular weight excluding hydrogens is 304 g/mol. The number of nitrogens with zero attached hydrogens (tertiary/aromatic N) is 3. The largest absolute Gasteiger partial charge is 0.443 e. The molecule has 3 rings (SSSR count). The highest BCUT2D eigenvalue weighted by molar-refractivity contribution is 7.16. The molecule has 2 aromatic rings. The summed E-state index contributed by atoms with van der Waals surface area (Å²) in [5.74, 6) is 0. The lowest BCUT2D eigenvalue weighted by atomic mass is 10.2. The van der Waals surface area contributed by atoms with Crippen molar-refractivity contribution in [3.8, 4) is 0 Å². The van der Waals surface area contributed by atoms with Crippen molar-refractivity contribution in [2.24, 2.45) is 10.9 Å². The third kappa shape index (κ3) is 2.44. The Balaban J connectivity index is 2.04. The molecule has 118 valence electrons. The topological polar surface area (TPSA) is 82.1 Å². The van der Waals surface area contributed by atoms with Crippen LogP contribution in [0.15, 0.2) is 23.4 Å². The van der Waals surface area contributed by atoms with Gasteiger partial charge < -0.3 is 19.9 Å². The van der Waals surface area contributed by atoms with E-state index >= 15 is 0 Å². The van der Waals surface area contributed by atoms with Crippen molar-refractivity contribution in [2.45, 2.75) is 19.6 Å². The second kappa shape index (κ2) is 5.98. The van der Waals surface area contributed by atoms with Gasteiger partial charge in [-0.3, -0.25) is 4.90 Å². The normalized spacial score (nSPS) is 19.0. The first-order chi connectivity index (χ1) is 10.7. The van der Waals surface area contributed by atoms with Gasteiger partial charge in [-0.1, -0.05) is 16.5 Å². The van der Waals surface area contributed by atoms with E-state index in [0.29, 0.717) is 13.1 Å². The van der Waals surface area contributed by atoms with Gasteiger partial charge in [0.25, 0.3) is 0 Å². The summed E-state index contributed by atoms with van der Waals surface area (Å²) in [6.07, 6.45) is -0.595. The molecule has 1 fully saturated rings. The second-order valence-electron chi connectivity index (χ2n) is 4.91. The van der Waals surface area contributed by atoms with Crippen LogP contribution in [0, 0.1) is 0 Å². The Morgan fingerprint density at radius 1 is 1.55 bits per heavy atom. The molecule has 2 heterocycles. The van der Waals surface area contributed by atoms with E-state index in [0.717, 1.165) is 27.3 Å². The lowest BCUT2D eigenvalue weighted by Gasteiger charge is -2.13. The summed E-state index contributed by atoms with van der Waals surface area (Å²) < 4.78 is 8.31. The van der Waals surface area contributed by atoms with Crippen molar-refractivity contribution in [3.63, 3.8) is 0 Å². The van der Waals surface area contributed by atoms with Crippen LogP contribution in [0.3, 0.4) is 0 Å². The van der Waals surface area contributed by atoms with Gasteiger partial charge in [-0.25, -0.2) is 4.79 Å². The molecule has 22 heavy (non-hydrogen) atoms. The van der Waals surface area contributed by atoms with Crippen LogP contribution in [0.1, 0.15) is 6.92 Å². The number of aryl methyl sites for hydroxylation is 1. The smallest absolute Gasteiger partial charge is 0.414 e. The molecule has 1 amide bonds. The zero-order valence-corrected chi connectivity index (χ0v) is 13.3. The average molecular weight is 322 g/mol. The number of cyclic esters (lactones) is 1. The Hall–Kier alpha value is -2.06. The van der Waals surface area contributed by atoms with Gasteiger partial charge in [0.1, 0.15) is 13.2 Å². The molecule has 8 heteroatoms. The van der Waals surface area contributed by atoms with Crippen LogP contribution in [-0.4, -0.2) is 37.0 Å². The zero-order valence-electron chi connectivity index (χ0n) is 12.5. The molecule has 0 radical (unpaired) electrons. The monoisotopic (exact) mass is 322 g/mol. The minimum atomic E-state index is -0.350. The van der Waals surface area contributed by atoms with Gasteiger partial charge in [0.2, 0.25) is 4.80 Å². The predicted molar refractivity (Wildman–Crippen MR) is 84.7 cm³/mol. The number of carbonyl (C=O) groups excluding carboxylic acids is 1. The van der Waals surface area contributed by atoms with Crippen molar-refractivity contribution in [1.82, 2.24) is 4.57 Å². The summed E-state index contributed by atoms with van der Waals surface area (Å²) in [5.41, 5.74) is 7.44. The lowest BCUT2D eigenvalue weighted by Crippen LogP contribution is -2.27. The van der Waals surface area contributed by atoms with Crippen molar-refractivity contribution < 1.29 is 14.4 Å². The molecule has 0 bridgehead atoms. The van der Waals surface area contributed by atoms with Gasteiger partial charge in [0.05, 0.1) is 16.8 Å². The Morgan fingerprint density at radius 2 is 2.36 bits per heavy atom. The van der Waals surface area contributed by atoms with E-state index in [2.05, 4.69) is 16.6 Å². The van der Waals surface area contributed by atoms with E-state index in [1.165, 1.54) is 18.4 Å². The first-order valence-electron chi connectivity index (χ1n) is 7.06. The highest BCUT2D eigenvalue weighted by Crippen LogP contribution is 2.27. The third-order valence-corrected chi connectivity index (χ3v) is 4.62. The van der Waals surface area contributed by atoms with Crippen LogP contribution >= 0.6 is 11.3 Å². The molecule has 2 N–H and O–H groups in total. The maximum atomic E-state index is 11.9. The fourth-order valence-corrected chi connectivity index (χ4v) is 3.65. The number of hydrogen-bond acceptors (Lipinski definition) is 6. The third-order valence-electron chi connectivity index (χ3n) is 3.60. The quantitative estimate of drug-likeness (QED) is 0.864. The van der Waals surface area contributed by atoms with Gasteiger partial charge in [-0.2, -0.15) is 0 Å². The number of ether oxygens (including phenoxy) is 1. The Labute approximate surface area is 131 Å². The van der Waals surface area contributed by atoms with Gasteiger partial charge in [0.15, 0.2) is 0 Å². The van der Waals surface area contributed by atoms with Crippen molar-refractivity contribution >= 4 is 33.3 Å². The Kier molecular flexibility index (Phi) is 4.04. The molecule has 1 atom stereocenters. The van der Waals surface area contributed by atoms with Crippen LogP contribution in [0.4, 0.5) is 10.5 Å². The van der Waals surface area contributed by atoms with E-state index < -0.39 is 0 Å². The van der Waals surface area contributed by atoms with Gasteiger partial charge in [-0.15, -0.1) is 0 Å². The highest BCUT2D eigenvalue weighted by atomic mass is 32.1. The summed E-state index contributed by atoms with van der Waals surface area (Å²) in [6, 6.07) is 5.88. The van der Waals surface area contributed by atoms with E-state index in [4.69, 9.17) is 15.3 Å². The van der Waals surface area contributed by atoms with Gasteiger partial charge in [-0.05, 0) is 25.1 Å². The van der Waals surface area contributed by atoms with Crippen LogP contribution in [-0.2, 0) is 16.1 Å². The van der Waals surface area contributed by atoms with Crippen LogP contribution in [0.25, 0.3) is 10.2 Å². The molecule has 1 aromatic heterocycles. The summed E-state index contributed by atoms with van der Waals surface area (Å²) >= 11 is 1.52. The SMILES string of the molecule is CCn1c(=NOC)sc2cc(N3CC(CN)OC3=O)ccc21. The van der Waals surface area contributed by atoms with Crippen LogP contribution in [0.5, 0.6) is 0 Å². The fourth-order valence-electron chi connectivity index (χ4n) is 2.54. The van der Waals surface area contributed by atoms with Crippen LogP contribution in [0.2, 0.25) is 0 Å². The number of hydrogen-bond donors (Lipinski definition) is 1. The average Bonchev–Trinajstić information content (AvgIpc) is 3.06. The minimum absolute atomic E-state index is 0.244. The molecule has 1 aliphatic heterocycles. The first kappa shape index (κ1) is 14.9. The second-order valence-corrected chi connectivity index (χ2v) is 5.92. The van der Waals surface area contributed by atoms with Gasteiger partial charge in [0, 0.05) is 18.8 Å². The number of nitrogens with two attached hydrogens (primary N) is 1. The molecule has 1 aliphatic rings. The predicted octanol–water partition coefficient (Wildman–Crippen LogP) is 1.47. The maximum absolute atomic E-state index is 11.9. The molecule has 0 saturated carbocycles.